The van der Waals surface area contributed by atoms with Crippen molar-refractivity contribution in [3.8, 4) is 0 Å². The summed E-state index contributed by atoms with van der Waals surface area (Å²) in [5, 5.41) is 0.374. The normalized spacial score (nSPS) is 10.7. The summed E-state index contributed by atoms with van der Waals surface area (Å²) in [6.45, 7) is 0.0686. The Morgan fingerprint density at radius 2 is 2.29 bits per heavy atom. The molecule has 1 heterocycles. The van der Waals surface area contributed by atoms with E-state index in [0.29, 0.717) is 10.9 Å². The fourth-order valence-electron chi connectivity index (χ4n) is 1.26. The molecule has 0 radical (unpaired) electrons. The maximum atomic E-state index is 12.8. The van der Waals surface area contributed by atoms with Gasteiger partial charge in [0, 0.05) is 6.07 Å². The standard InChI is InChI=1S/C9H8FN3O/c10-6-1-2-7-8(3-6)12-5-13(4-11)9(7)14/h1-3,5H,4,11H2. The summed E-state index contributed by atoms with van der Waals surface area (Å²) < 4.78 is 14.0. The highest BCUT2D eigenvalue weighted by Crippen LogP contribution is 2.07. The molecule has 0 aliphatic carbocycles. The van der Waals surface area contributed by atoms with Gasteiger partial charge < -0.3 is 5.73 Å². The van der Waals surface area contributed by atoms with E-state index < -0.39 is 5.82 Å². The lowest BCUT2D eigenvalue weighted by molar-refractivity contribution is 0.628. The van der Waals surface area contributed by atoms with Crippen LogP contribution in [0.4, 0.5) is 4.39 Å². The molecular weight excluding hydrogens is 185 g/mol. The summed E-state index contributed by atoms with van der Waals surface area (Å²) >= 11 is 0. The smallest absolute Gasteiger partial charge is 0.262 e. The van der Waals surface area contributed by atoms with E-state index in [4.69, 9.17) is 5.73 Å². The third-order valence-electron chi connectivity index (χ3n) is 1.98. The highest BCUT2D eigenvalue weighted by atomic mass is 19.1. The number of halogens is 1. The number of hydrogen-bond donors (Lipinski definition) is 1. The van der Waals surface area contributed by atoms with E-state index in [2.05, 4.69) is 4.98 Å². The number of fused-ring (bicyclic) bond motifs is 1. The van der Waals surface area contributed by atoms with Gasteiger partial charge in [0.25, 0.3) is 5.56 Å². The summed E-state index contributed by atoms with van der Waals surface area (Å²) in [7, 11) is 0. The van der Waals surface area contributed by atoms with Gasteiger partial charge in [-0.3, -0.25) is 9.36 Å². The fourth-order valence-corrected chi connectivity index (χ4v) is 1.26. The third kappa shape index (κ3) is 1.27. The van der Waals surface area contributed by atoms with Crippen LogP contribution in [0.3, 0.4) is 0 Å². The minimum Gasteiger partial charge on any atom is -0.313 e. The van der Waals surface area contributed by atoms with Gasteiger partial charge in [-0.05, 0) is 12.1 Å². The SMILES string of the molecule is NCn1cnc2cc(F)ccc2c1=O. The molecule has 5 heteroatoms. The van der Waals surface area contributed by atoms with E-state index in [0.717, 1.165) is 0 Å². The van der Waals surface area contributed by atoms with Crippen LogP contribution in [0.5, 0.6) is 0 Å². The Morgan fingerprint density at radius 1 is 1.50 bits per heavy atom. The molecule has 2 aromatic rings. The van der Waals surface area contributed by atoms with E-state index in [-0.39, 0.29) is 12.2 Å². The van der Waals surface area contributed by atoms with Crippen molar-refractivity contribution in [2.75, 3.05) is 0 Å². The number of aromatic nitrogens is 2. The molecule has 0 saturated heterocycles. The Hall–Kier alpha value is -1.75. The predicted octanol–water partition coefficient (Wildman–Crippen LogP) is 0.452. The van der Waals surface area contributed by atoms with Gasteiger partial charge in [0.15, 0.2) is 0 Å². The molecule has 1 aromatic heterocycles. The minimum absolute atomic E-state index is 0.0686. The Kier molecular flexibility index (Phi) is 2.01. The maximum Gasteiger partial charge on any atom is 0.262 e. The van der Waals surface area contributed by atoms with Gasteiger partial charge in [0.1, 0.15) is 5.82 Å². The van der Waals surface area contributed by atoms with E-state index >= 15 is 0 Å². The summed E-state index contributed by atoms with van der Waals surface area (Å²) in [6.07, 6.45) is 1.31. The van der Waals surface area contributed by atoms with Crippen LogP contribution in [-0.2, 0) is 6.67 Å². The third-order valence-corrected chi connectivity index (χ3v) is 1.98. The Labute approximate surface area is 78.8 Å². The second-order valence-electron chi connectivity index (χ2n) is 2.86. The Bertz CT molecular complexity index is 535. The number of hydrogen-bond acceptors (Lipinski definition) is 3. The largest absolute Gasteiger partial charge is 0.313 e. The van der Waals surface area contributed by atoms with Gasteiger partial charge in [0.05, 0.1) is 23.9 Å². The van der Waals surface area contributed by atoms with Crippen LogP contribution in [0, 0.1) is 5.82 Å². The molecule has 14 heavy (non-hydrogen) atoms. The van der Waals surface area contributed by atoms with Crippen molar-refractivity contribution in [3.63, 3.8) is 0 Å². The number of nitrogens with two attached hydrogens (primary N) is 1. The van der Waals surface area contributed by atoms with Crippen LogP contribution in [0.25, 0.3) is 10.9 Å². The first kappa shape index (κ1) is 8.83. The number of rotatable bonds is 1. The first-order chi connectivity index (χ1) is 6.72. The van der Waals surface area contributed by atoms with Crippen molar-refractivity contribution < 1.29 is 4.39 Å². The Balaban J connectivity index is 2.84. The van der Waals surface area contributed by atoms with Crippen molar-refractivity contribution in [2.24, 2.45) is 5.73 Å². The molecular formula is C9H8FN3O. The molecule has 2 N–H and O–H groups in total. The van der Waals surface area contributed by atoms with Crippen molar-refractivity contribution in [1.29, 1.82) is 0 Å². The second-order valence-corrected chi connectivity index (χ2v) is 2.86. The molecule has 0 aliphatic rings. The number of nitrogens with zero attached hydrogens (tertiary/aromatic N) is 2. The maximum absolute atomic E-state index is 12.8. The van der Waals surface area contributed by atoms with Gasteiger partial charge in [-0.2, -0.15) is 0 Å². The number of benzene rings is 1. The molecule has 0 amide bonds. The van der Waals surface area contributed by atoms with Gasteiger partial charge in [0.2, 0.25) is 0 Å². The van der Waals surface area contributed by atoms with E-state index in [1.807, 2.05) is 0 Å². The summed E-state index contributed by atoms with van der Waals surface area (Å²) in [4.78, 5) is 15.5. The first-order valence-electron chi connectivity index (χ1n) is 4.07. The molecule has 0 unspecified atom stereocenters. The van der Waals surface area contributed by atoms with E-state index in [9.17, 15) is 9.18 Å². The molecule has 0 bridgehead atoms. The molecule has 0 saturated carbocycles. The van der Waals surface area contributed by atoms with Crippen molar-refractivity contribution in [3.05, 3.63) is 40.7 Å². The highest BCUT2D eigenvalue weighted by Gasteiger charge is 2.03. The van der Waals surface area contributed by atoms with Crippen LogP contribution < -0.4 is 11.3 Å². The van der Waals surface area contributed by atoms with Gasteiger partial charge in [-0.1, -0.05) is 0 Å². The lowest BCUT2D eigenvalue weighted by Gasteiger charge is -2.02. The minimum atomic E-state index is -0.408. The Morgan fingerprint density at radius 3 is 3.00 bits per heavy atom. The zero-order valence-corrected chi connectivity index (χ0v) is 7.27. The molecule has 1 aromatic carbocycles. The molecule has 0 spiro atoms. The van der Waals surface area contributed by atoms with Gasteiger partial charge >= 0.3 is 0 Å². The summed E-state index contributed by atoms with van der Waals surface area (Å²) in [5.74, 6) is -0.408. The first-order valence-corrected chi connectivity index (χ1v) is 4.07. The molecule has 0 atom stereocenters. The van der Waals surface area contributed by atoms with Crippen molar-refractivity contribution in [2.45, 2.75) is 6.67 Å². The molecule has 72 valence electrons. The topological polar surface area (TPSA) is 60.9 Å². The van der Waals surface area contributed by atoms with E-state index in [1.165, 1.54) is 29.1 Å². The average molecular weight is 193 g/mol. The van der Waals surface area contributed by atoms with Crippen molar-refractivity contribution in [1.82, 2.24) is 9.55 Å². The van der Waals surface area contributed by atoms with Crippen molar-refractivity contribution >= 4 is 10.9 Å². The highest BCUT2D eigenvalue weighted by molar-refractivity contribution is 5.77. The van der Waals surface area contributed by atoms with Crippen LogP contribution >= 0.6 is 0 Å². The zero-order chi connectivity index (χ0) is 10.1. The molecule has 0 fully saturated rings. The van der Waals surface area contributed by atoms with E-state index in [1.54, 1.807) is 0 Å². The molecule has 0 aliphatic heterocycles. The van der Waals surface area contributed by atoms with Crippen LogP contribution in [0.1, 0.15) is 0 Å². The summed E-state index contributed by atoms with van der Waals surface area (Å²) in [5.41, 5.74) is 5.42. The second kappa shape index (κ2) is 3.19. The predicted molar refractivity (Wildman–Crippen MR) is 50.1 cm³/mol. The lowest BCUT2D eigenvalue weighted by atomic mass is 10.2. The summed E-state index contributed by atoms with van der Waals surface area (Å²) in [6, 6.07) is 3.86. The van der Waals surface area contributed by atoms with Gasteiger partial charge in [-0.15, -0.1) is 0 Å². The van der Waals surface area contributed by atoms with Crippen LogP contribution in [0.2, 0.25) is 0 Å². The van der Waals surface area contributed by atoms with Gasteiger partial charge in [-0.25, -0.2) is 9.37 Å². The zero-order valence-electron chi connectivity index (χ0n) is 7.27. The lowest BCUT2D eigenvalue weighted by Crippen LogP contribution is -2.24. The van der Waals surface area contributed by atoms with Crippen LogP contribution in [-0.4, -0.2) is 9.55 Å². The molecule has 4 nitrogen and oxygen atoms in total. The molecule has 2 rings (SSSR count). The monoisotopic (exact) mass is 193 g/mol. The average Bonchev–Trinajstić information content (AvgIpc) is 2.18. The quantitative estimate of drug-likeness (QED) is 0.715. The van der Waals surface area contributed by atoms with Crippen LogP contribution in [0.15, 0.2) is 29.3 Å². The fraction of sp³-hybridized carbons (Fsp3) is 0.111.